The molecule has 0 radical (unpaired) electrons. The standard InChI is InChI=1S/C19H29ClN2O/c1-3-19(4-2,15-9-11-16(20)12-10-15)21-14-13-18(23)22-17-7-5-6-8-17/h9-12,17,21H,3-8,13-14H2,1-2H3,(H,22,23). The molecule has 128 valence electrons. The number of nitrogens with one attached hydrogen (secondary N) is 2. The van der Waals surface area contributed by atoms with Gasteiger partial charge < -0.3 is 10.6 Å². The van der Waals surface area contributed by atoms with E-state index in [9.17, 15) is 4.79 Å². The average molecular weight is 337 g/mol. The van der Waals surface area contributed by atoms with Crippen molar-refractivity contribution in [1.29, 1.82) is 0 Å². The maximum Gasteiger partial charge on any atom is 0.221 e. The highest BCUT2D eigenvalue weighted by atomic mass is 35.5. The zero-order valence-corrected chi connectivity index (χ0v) is 15.1. The Morgan fingerprint density at radius 3 is 2.35 bits per heavy atom. The normalized spacial score (nSPS) is 15.8. The molecular formula is C19H29ClN2O. The summed E-state index contributed by atoms with van der Waals surface area (Å²) in [5.74, 6) is 0.168. The monoisotopic (exact) mass is 336 g/mol. The lowest BCUT2D eigenvalue weighted by Gasteiger charge is -2.34. The van der Waals surface area contributed by atoms with Gasteiger partial charge in [0.05, 0.1) is 0 Å². The fourth-order valence-corrected chi connectivity index (χ4v) is 3.69. The van der Waals surface area contributed by atoms with Crippen molar-refractivity contribution in [3.63, 3.8) is 0 Å². The first-order valence-electron chi connectivity index (χ1n) is 8.90. The summed E-state index contributed by atoms with van der Waals surface area (Å²) in [5, 5.41) is 7.53. The predicted octanol–water partition coefficient (Wildman–Crippen LogP) is 4.39. The van der Waals surface area contributed by atoms with Gasteiger partial charge in [-0.05, 0) is 43.4 Å². The summed E-state index contributed by atoms with van der Waals surface area (Å²) < 4.78 is 0. The van der Waals surface area contributed by atoms with Gasteiger partial charge in [0.15, 0.2) is 0 Å². The highest BCUT2D eigenvalue weighted by Gasteiger charge is 2.27. The summed E-state index contributed by atoms with van der Waals surface area (Å²) in [4.78, 5) is 12.1. The molecule has 0 aromatic heterocycles. The van der Waals surface area contributed by atoms with Gasteiger partial charge in [0, 0.05) is 29.6 Å². The first-order valence-corrected chi connectivity index (χ1v) is 9.28. The van der Waals surface area contributed by atoms with Crippen LogP contribution in [0.1, 0.15) is 64.4 Å². The third kappa shape index (κ3) is 4.95. The second-order valence-electron chi connectivity index (χ2n) is 6.52. The molecule has 2 rings (SSSR count). The number of benzene rings is 1. The zero-order chi connectivity index (χ0) is 16.7. The Balaban J connectivity index is 1.88. The van der Waals surface area contributed by atoms with Crippen LogP contribution in [0.3, 0.4) is 0 Å². The van der Waals surface area contributed by atoms with Crippen molar-refractivity contribution >= 4 is 17.5 Å². The molecule has 1 fully saturated rings. The Morgan fingerprint density at radius 1 is 1.17 bits per heavy atom. The van der Waals surface area contributed by atoms with E-state index in [1.54, 1.807) is 0 Å². The second-order valence-corrected chi connectivity index (χ2v) is 6.96. The van der Waals surface area contributed by atoms with Crippen LogP contribution in [-0.4, -0.2) is 18.5 Å². The van der Waals surface area contributed by atoms with Gasteiger partial charge in [0.1, 0.15) is 0 Å². The van der Waals surface area contributed by atoms with Crippen LogP contribution in [0.4, 0.5) is 0 Å². The summed E-state index contributed by atoms with van der Waals surface area (Å²) in [5.41, 5.74) is 1.15. The number of hydrogen-bond acceptors (Lipinski definition) is 2. The van der Waals surface area contributed by atoms with E-state index in [0.717, 1.165) is 30.7 Å². The minimum Gasteiger partial charge on any atom is -0.353 e. The number of hydrogen-bond donors (Lipinski definition) is 2. The van der Waals surface area contributed by atoms with Crippen molar-refractivity contribution in [2.24, 2.45) is 0 Å². The van der Waals surface area contributed by atoms with Crippen LogP contribution in [0.2, 0.25) is 5.02 Å². The molecule has 2 N–H and O–H groups in total. The number of rotatable bonds is 8. The maximum absolute atomic E-state index is 12.1. The number of halogens is 1. The summed E-state index contributed by atoms with van der Waals surface area (Å²) in [7, 11) is 0. The molecule has 0 bridgehead atoms. The van der Waals surface area contributed by atoms with Crippen LogP contribution < -0.4 is 10.6 Å². The van der Waals surface area contributed by atoms with E-state index in [4.69, 9.17) is 11.6 Å². The van der Waals surface area contributed by atoms with E-state index < -0.39 is 0 Å². The third-order valence-corrected chi connectivity index (χ3v) is 5.39. The topological polar surface area (TPSA) is 41.1 Å². The minimum absolute atomic E-state index is 0.0851. The second kappa shape index (κ2) is 8.70. The highest BCUT2D eigenvalue weighted by molar-refractivity contribution is 6.30. The molecule has 4 heteroatoms. The molecule has 1 aliphatic carbocycles. The van der Waals surface area contributed by atoms with Gasteiger partial charge >= 0.3 is 0 Å². The van der Waals surface area contributed by atoms with Gasteiger partial charge in [-0.2, -0.15) is 0 Å². The summed E-state index contributed by atoms with van der Waals surface area (Å²) in [6.07, 6.45) is 7.26. The average Bonchev–Trinajstić information content (AvgIpc) is 3.06. The molecule has 0 aliphatic heterocycles. The molecule has 0 unspecified atom stereocenters. The van der Waals surface area contributed by atoms with Crippen LogP contribution in [-0.2, 0) is 10.3 Å². The third-order valence-electron chi connectivity index (χ3n) is 5.14. The molecular weight excluding hydrogens is 308 g/mol. The van der Waals surface area contributed by atoms with Gasteiger partial charge in [-0.1, -0.05) is 50.4 Å². The molecule has 1 amide bonds. The van der Waals surface area contributed by atoms with Crippen molar-refractivity contribution < 1.29 is 4.79 Å². The van der Waals surface area contributed by atoms with E-state index in [1.807, 2.05) is 12.1 Å². The van der Waals surface area contributed by atoms with Gasteiger partial charge in [0.2, 0.25) is 5.91 Å². The fraction of sp³-hybridized carbons (Fsp3) is 0.632. The van der Waals surface area contributed by atoms with Crippen LogP contribution in [0.5, 0.6) is 0 Å². The molecule has 0 saturated heterocycles. The van der Waals surface area contributed by atoms with Gasteiger partial charge in [-0.25, -0.2) is 0 Å². The molecule has 1 aromatic carbocycles. The van der Waals surface area contributed by atoms with Gasteiger partial charge in [-0.15, -0.1) is 0 Å². The largest absolute Gasteiger partial charge is 0.353 e. The lowest BCUT2D eigenvalue weighted by molar-refractivity contribution is -0.121. The molecule has 3 nitrogen and oxygen atoms in total. The van der Waals surface area contributed by atoms with Crippen molar-refractivity contribution in [2.75, 3.05) is 6.54 Å². The van der Waals surface area contributed by atoms with Crippen LogP contribution in [0.25, 0.3) is 0 Å². The van der Waals surface area contributed by atoms with Crippen LogP contribution in [0.15, 0.2) is 24.3 Å². The van der Waals surface area contributed by atoms with Crippen molar-refractivity contribution in [1.82, 2.24) is 10.6 Å². The smallest absolute Gasteiger partial charge is 0.221 e. The maximum atomic E-state index is 12.1. The van der Waals surface area contributed by atoms with E-state index in [-0.39, 0.29) is 11.4 Å². The zero-order valence-electron chi connectivity index (χ0n) is 14.3. The minimum atomic E-state index is -0.0851. The molecule has 0 heterocycles. The first-order chi connectivity index (χ1) is 11.1. The summed E-state index contributed by atoms with van der Waals surface area (Å²) >= 11 is 6.00. The molecule has 1 saturated carbocycles. The first kappa shape index (κ1) is 18.3. The lowest BCUT2D eigenvalue weighted by atomic mass is 9.84. The van der Waals surface area contributed by atoms with E-state index in [0.29, 0.717) is 19.0 Å². The summed E-state index contributed by atoms with van der Waals surface area (Å²) in [6.45, 7) is 5.07. The number of amides is 1. The van der Waals surface area contributed by atoms with Crippen LogP contribution in [0, 0.1) is 0 Å². The van der Waals surface area contributed by atoms with E-state index in [1.165, 1.54) is 18.4 Å². The van der Waals surface area contributed by atoms with Gasteiger partial charge in [-0.3, -0.25) is 4.79 Å². The lowest BCUT2D eigenvalue weighted by Crippen LogP contribution is -2.43. The molecule has 0 spiro atoms. The Morgan fingerprint density at radius 2 is 1.78 bits per heavy atom. The molecule has 1 aliphatic rings. The molecule has 23 heavy (non-hydrogen) atoms. The number of carbonyl (C=O) groups is 1. The summed E-state index contributed by atoms with van der Waals surface area (Å²) in [6, 6.07) is 8.44. The molecule has 0 atom stereocenters. The Bertz CT molecular complexity index is 491. The molecule has 1 aromatic rings. The highest BCUT2D eigenvalue weighted by Crippen LogP contribution is 2.29. The SMILES string of the molecule is CCC(CC)(NCCC(=O)NC1CCCC1)c1ccc(Cl)cc1. The van der Waals surface area contributed by atoms with E-state index in [2.05, 4.69) is 36.6 Å². The number of carbonyl (C=O) groups excluding carboxylic acids is 1. The van der Waals surface area contributed by atoms with Gasteiger partial charge in [0.25, 0.3) is 0 Å². The van der Waals surface area contributed by atoms with Crippen molar-refractivity contribution in [3.05, 3.63) is 34.9 Å². The quantitative estimate of drug-likeness (QED) is 0.739. The van der Waals surface area contributed by atoms with Crippen molar-refractivity contribution in [2.45, 2.75) is 70.4 Å². The Hall–Kier alpha value is -1.06. The van der Waals surface area contributed by atoms with Crippen molar-refractivity contribution in [3.8, 4) is 0 Å². The fourth-order valence-electron chi connectivity index (χ4n) is 3.56. The Labute approximate surface area is 145 Å². The van der Waals surface area contributed by atoms with E-state index >= 15 is 0 Å². The van der Waals surface area contributed by atoms with Crippen LogP contribution >= 0.6 is 11.6 Å². The Kier molecular flexibility index (Phi) is 6.91. The predicted molar refractivity (Wildman–Crippen MR) is 96.7 cm³/mol.